The first-order valence-electron chi connectivity index (χ1n) is 9.05. The Labute approximate surface area is 167 Å². The molecule has 3 aromatic rings. The summed E-state index contributed by atoms with van der Waals surface area (Å²) >= 11 is 0. The molecule has 2 aromatic heterocycles. The second kappa shape index (κ2) is 7.97. The molecule has 0 bridgehead atoms. The zero-order chi connectivity index (χ0) is 20.4. The van der Waals surface area contributed by atoms with Crippen molar-refractivity contribution in [1.82, 2.24) is 24.0 Å². The van der Waals surface area contributed by atoms with E-state index in [-0.39, 0.29) is 13.1 Å². The molecule has 10 heteroatoms. The van der Waals surface area contributed by atoms with Crippen molar-refractivity contribution in [2.45, 2.75) is 11.6 Å². The average molecular weight is 419 g/mol. The number of hydrogen-bond donors (Lipinski definition) is 0. The van der Waals surface area contributed by atoms with Crippen LogP contribution in [0, 0.1) is 11.6 Å². The molecule has 0 atom stereocenters. The van der Waals surface area contributed by atoms with Crippen molar-refractivity contribution in [3.8, 4) is 11.3 Å². The van der Waals surface area contributed by atoms with Crippen LogP contribution in [-0.4, -0.2) is 58.6 Å². The third kappa shape index (κ3) is 3.91. The van der Waals surface area contributed by atoms with Crippen molar-refractivity contribution in [3.63, 3.8) is 0 Å². The van der Waals surface area contributed by atoms with Gasteiger partial charge in [-0.15, -0.1) is 0 Å². The minimum atomic E-state index is -4.23. The van der Waals surface area contributed by atoms with Crippen molar-refractivity contribution in [1.29, 1.82) is 0 Å². The normalized spacial score (nSPS) is 16.2. The predicted octanol–water partition coefficient (Wildman–Crippen LogP) is 2.19. The average Bonchev–Trinajstić information content (AvgIpc) is 3.17. The molecule has 0 aliphatic carbocycles. The SMILES string of the molecule is O=S(=O)(c1c(F)cccc1F)N1CCN(Cn2nccc2-c2ccncc2)CC1. The van der Waals surface area contributed by atoms with E-state index in [1.54, 1.807) is 18.6 Å². The number of halogens is 2. The highest BCUT2D eigenvalue weighted by Gasteiger charge is 2.33. The second-order valence-electron chi connectivity index (χ2n) is 6.67. The Morgan fingerprint density at radius 3 is 2.21 bits per heavy atom. The maximum absolute atomic E-state index is 14.0. The van der Waals surface area contributed by atoms with Gasteiger partial charge in [0.15, 0.2) is 4.90 Å². The lowest BCUT2D eigenvalue weighted by molar-refractivity contribution is 0.146. The van der Waals surface area contributed by atoms with Gasteiger partial charge in [-0.2, -0.15) is 9.40 Å². The molecule has 1 aromatic carbocycles. The molecule has 0 amide bonds. The van der Waals surface area contributed by atoms with Crippen LogP contribution in [0.5, 0.6) is 0 Å². The number of nitrogens with zero attached hydrogens (tertiary/aromatic N) is 5. The summed E-state index contributed by atoms with van der Waals surface area (Å²) in [4.78, 5) is 5.17. The molecule has 4 rings (SSSR count). The summed E-state index contributed by atoms with van der Waals surface area (Å²) in [5, 5.41) is 4.35. The minimum absolute atomic E-state index is 0.141. The smallest absolute Gasteiger partial charge is 0.249 e. The highest BCUT2D eigenvalue weighted by atomic mass is 32.2. The fourth-order valence-corrected chi connectivity index (χ4v) is 4.90. The summed E-state index contributed by atoms with van der Waals surface area (Å²) in [6, 6.07) is 8.72. The summed E-state index contributed by atoms with van der Waals surface area (Å²) in [5.74, 6) is -2.16. The third-order valence-electron chi connectivity index (χ3n) is 4.87. The number of sulfonamides is 1. The van der Waals surface area contributed by atoms with Crippen molar-refractivity contribution in [3.05, 3.63) is 66.6 Å². The van der Waals surface area contributed by atoms with E-state index in [1.807, 2.05) is 27.8 Å². The molecule has 1 saturated heterocycles. The molecule has 0 N–H and O–H groups in total. The molecule has 1 aliphatic rings. The molecular formula is C19H19F2N5O2S. The Kier molecular flexibility index (Phi) is 5.39. The standard InChI is InChI=1S/C19H19F2N5O2S/c20-16-2-1-3-17(21)19(16)29(27,28)25-12-10-24(11-13-25)14-26-18(6-9-23-26)15-4-7-22-8-5-15/h1-9H,10-14H2. The summed E-state index contributed by atoms with van der Waals surface area (Å²) in [6.45, 7) is 1.60. The van der Waals surface area contributed by atoms with Crippen LogP contribution in [0.3, 0.4) is 0 Å². The first-order chi connectivity index (χ1) is 14.0. The molecular weight excluding hydrogens is 400 g/mol. The predicted molar refractivity (Wildman–Crippen MR) is 102 cm³/mol. The highest BCUT2D eigenvalue weighted by molar-refractivity contribution is 7.89. The first-order valence-corrected chi connectivity index (χ1v) is 10.5. The minimum Gasteiger partial charge on any atom is -0.282 e. The monoisotopic (exact) mass is 419 g/mol. The molecule has 0 spiro atoms. The van der Waals surface area contributed by atoms with Gasteiger partial charge in [0.1, 0.15) is 11.6 Å². The number of piperazine rings is 1. The van der Waals surface area contributed by atoms with Gasteiger partial charge in [-0.25, -0.2) is 17.2 Å². The van der Waals surface area contributed by atoms with Crippen LogP contribution in [0.2, 0.25) is 0 Å². The van der Waals surface area contributed by atoms with Crippen molar-refractivity contribution < 1.29 is 17.2 Å². The van der Waals surface area contributed by atoms with Gasteiger partial charge in [0.2, 0.25) is 10.0 Å². The number of aromatic nitrogens is 3. The van der Waals surface area contributed by atoms with Crippen LogP contribution in [0.4, 0.5) is 8.78 Å². The van der Waals surface area contributed by atoms with Crippen LogP contribution >= 0.6 is 0 Å². The lowest BCUT2D eigenvalue weighted by Gasteiger charge is -2.34. The lowest BCUT2D eigenvalue weighted by atomic mass is 10.2. The molecule has 7 nitrogen and oxygen atoms in total. The Balaban J connectivity index is 1.45. The molecule has 0 unspecified atom stereocenters. The number of pyridine rings is 1. The molecule has 0 radical (unpaired) electrons. The van der Waals surface area contributed by atoms with E-state index in [2.05, 4.69) is 10.1 Å². The van der Waals surface area contributed by atoms with Gasteiger partial charge in [0, 0.05) is 50.3 Å². The highest BCUT2D eigenvalue weighted by Crippen LogP contribution is 2.24. The van der Waals surface area contributed by atoms with Gasteiger partial charge >= 0.3 is 0 Å². The van der Waals surface area contributed by atoms with E-state index in [9.17, 15) is 17.2 Å². The Bertz CT molecular complexity index is 1080. The van der Waals surface area contributed by atoms with Crippen LogP contribution in [0.1, 0.15) is 0 Å². The largest absolute Gasteiger partial charge is 0.282 e. The second-order valence-corrected chi connectivity index (χ2v) is 8.54. The molecule has 0 saturated carbocycles. The summed E-state index contributed by atoms with van der Waals surface area (Å²) in [7, 11) is -4.23. The molecule has 3 heterocycles. The first kappa shape index (κ1) is 19.6. The fourth-order valence-electron chi connectivity index (χ4n) is 3.37. The van der Waals surface area contributed by atoms with E-state index < -0.39 is 26.6 Å². The maximum atomic E-state index is 14.0. The van der Waals surface area contributed by atoms with Crippen molar-refractivity contribution >= 4 is 10.0 Å². The van der Waals surface area contributed by atoms with Crippen molar-refractivity contribution in [2.75, 3.05) is 26.2 Å². The van der Waals surface area contributed by atoms with Gasteiger partial charge in [-0.1, -0.05) is 6.07 Å². The maximum Gasteiger partial charge on any atom is 0.249 e. The molecule has 152 valence electrons. The Morgan fingerprint density at radius 2 is 1.55 bits per heavy atom. The zero-order valence-electron chi connectivity index (χ0n) is 15.4. The molecule has 29 heavy (non-hydrogen) atoms. The third-order valence-corrected chi connectivity index (χ3v) is 6.83. The Hall–Kier alpha value is -2.69. The summed E-state index contributed by atoms with van der Waals surface area (Å²) < 4.78 is 56.3. The van der Waals surface area contributed by atoms with Gasteiger partial charge in [-0.05, 0) is 30.3 Å². The number of rotatable bonds is 5. The quantitative estimate of drug-likeness (QED) is 0.634. The fraction of sp³-hybridized carbons (Fsp3) is 0.263. The van der Waals surface area contributed by atoms with Crippen LogP contribution < -0.4 is 0 Å². The zero-order valence-corrected chi connectivity index (χ0v) is 16.3. The van der Waals surface area contributed by atoms with Crippen LogP contribution in [0.25, 0.3) is 11.3 Å². The molecule has 1 fully saturated rings. The summed E-state index contributed by atoms with van der Waals surface area (Å²) in [5.41, 5.74) is 1.91. The number of hydrogen-bond acceptors (Lipinski definition) is 5. The summed E-state index contributed by atoms with van der Waals surface area (Å²) in [6.07, 6.45) is 5.12. The van der Waals surface area contributed by atoms with Gasteiger partial charge in [-0.3, -0.25) is 14.6 Å². The van der Waals surface area contributed by atoms with E-state index >= 15 is 0 Å². The van der Waals surface area contributed by atoms with Crippen LogP contribution in [-0.2, 0) is 16.7 Å². The van der Waals surface area contributed by atoms with Gasteiger partial charge < -0.3 is 0 Å². The lowest BCUT2D eigenvalue weighted by Crippen LogP contribution is -2.49. The van der Waals surface area contributed by atoms with Crippen LogP contribution in [0.15, 0.2) is 59.9 Å². The number of benzene rings is 1. The Morgan fingerprint density at radius 1 is 0.897 bits per heavy atom. The van der Waals surface area contributed by atoms with E-state index in [1.165, 1.54) is 0 Å². The topological polar surface area (TPSA) is 71.3 Å². The van der Waals surface area contributed by atoms with Gasteiger partial charge in [0.05, 0.1) is 12.4 Å². The van der Waals surface area contributed by atoms with E-state index in [4.69, 9.17) is 0 Å². The van der Waals surface area contributed by atoms with E-state index in [0.717, 1.165) is 33.8 Å². The van der Waals surface area contributed by atoms with Gasteiger partial charge in [0.25, 0.3) is 0 Å². The van der Waals surface area contributed by atoms with E-state index in [0.29, 0.717) is 19.8 Å². The molecule has 1 aliphatic heterocycles. The van der Waals surface area contributed by atoms with Crippen molar-refractivity contribution in [2.24, 2.45) is 0 Å².